The maximum atomic E-state index is 13.0. The highest BCUT2D eigenvalue weighted by molar-refractivity contribution is 5.80. The smallest absolute Gasteiger partial charge is 0.272 e. The Labute approximate surface area is 147 Å². The molecule has 2 aromatic carbocycles. The summed E-state index contributed by atoms with van der Waals surface area (Å²) >= 11 is 0. The molecule has 130 valence electrons. The minimum Gasteiger partial charge on any atom is -0.334 e. The summed E-state index contributed by atoms with van der Waals surface area (Å²) in [5.74, 6) is 0.383. The van der Waals surface area contributed by atoms with Crippen molar-refractivity contribution in [2.45, 2.75) is 20.4 Å². The molecule has 0 radical (unpaired) electrons. The molecule has 2 heterocycles. The lowest BCUT2D eigenvalue weighted by molar-refractivity contribution is 0.432. The van der Waals surface area contributed by atoms with Crippen LogP contribution in [0.4, 0.5) is 4.39 Å². The lowest BCUT2D eigenvalue weighted by Crippen LogP contribution is -2.23. The minimum atomic E-state index is -0.327. The average Bonchev–Trinajstić information content (AvgIpc) is 3.13. The third kappa shape index (κ3) is 2.67. The van der Waals surface area contributed by atoms with Gasteiger partial charge in [-0.3, -0.25) is 4.79 Å². The molecule has 0 saturated carbocycles. The van der Waals surface area contributed by atoms with E-state index >= 15 is 0 Å². The van der Waals surface area contributed by atoms with E-state index in [1.165, 1.54) is 12.1 Å². The Morgan fingerprint density at radius 3 is 2.54 bits per heavy atom. The van der Waals surface area contributed by atoms with Crippen molar-refractivity contribution in [1.29, 1.82) is 0 Å². The lowest BCUT2D eigenvalue weighted by Gasteiger charge is -2.09. The van der Waals surface area contributed by atoms with Crippen molar-refractivity contribution < 1.29 is 8.91 Å². The van der Waals surface area contributed by atoms with Gasteiger partial charge in [-0.15, -0.1) is 0 Å². The van der Waals surface area contributed by atoms with E-state index in [-0.39, 0.29) is 11.4 Å². The highest BCUT2D eigenvalue weighted by Gasteiger charge is 2.13. The molecule has 0 amide bonds. The topological polar surface area (TPSA) is 73.8 Å². The van der Waals surface area contributed by atoms with E-state index in [1.54, 1.807) is 23.6 Å². The molecule has 6 nitrogen and oxygen atoms in total. The summed E-state index contributed by atoms with van der Waals surface area (Å²) in [5.41, 5.74) is 3.16. The van der Waals surface area contributed by atoms with Gasteiger partial charge in [-0.05, 0) is 56.3 Å². The second-order valence-electron chi connectivity index (χ2n) is 5.88. The summed E-state index contributed by atoms with van der Waals surface area (Å²) in [7, 11) is 0. The van der Waals surface area contributed by atoms with Crippen molar-refractivity contribution >= 4 is 11.0 Å². The van der Waals surface area contributed by atoms with E-state index < -0.39 is 0 Å². The number of hydrogen-bond acceptors (Lipinski definition) is 5. The first-order chi connectivity index (χ1) is 12.6. The second kappa shape index (κ2) is 6.18. The molecule has 26 heavy (non-hydrogen) atoms. The predicted octanol–water partition coefficient (Wildman–Crippen LogP) is 3.58. The van der Waals surface area contributed by atoms with Crippen molar-refractivity contribution in [1.82, 2.24) is 19.7 Å². The maximum Gasteiger partial charge on any atom is 0.272 e. The van der Waals surface area contributed by atoms with Crippen LogP contribution in [0.15, 0.2) is 51.8 Å². The molecule has 0 aliphatic carbocycles. The van der Waals surface area contributed by atoms with Gasteiger partial charge < -0.3 is 9.09 Å². The van der Waals surface area contributed by atoms with Gasteiger partial charge >= 0.3 is 0 Å². The van der Waals surface area contributed by atoms with Crippen molar-refractivity contribution in [2.75, 3.05) is 0 Å². The minimum absolute atomic E-state index is 0.0918. The van der Waals surface area contributed by atoms with Crippen molar-refractivity contribution in [3.8, 4) is 22.8 Å². The van der Waals surface area contributed by atoms with Crippen LogP contribution in [0.2, 0.25) is 0 Å². The summed E-state index contributed by atoms with van der Waals surface area (Å²) in [5, 5.41) is 4.00. The van der Waals surface area contributed by atoms with Gasteiger partial charge in [0.2, 0.25) is 5.82 Å². The second-order valence-corrected chi connectivity index (χ2v) is 5.88. The highest BCUT2D eigenvalue weighted by Crippen LogP contribution is 2.24. The fourth-order valence-electron chi connectivity index (χ4n) is 2.88. The first kappa shape index (κ1) is 16.1. The van der Waals surface area contributed by atoms with Gasteiger partial charge in [0.05, 0.1) is 11.0 Å². The van der Waals surface area contributed by atoms with Gasteiger partial charge in [0.25, 0.3) is 11.4 Å². The number of fused-ring (bicyclic) bond motifs is 1. The molecule has 0 saturated heterocycles. The van der Waals surface area contributed by atoms with Crippen LogP contribution < -0.4 is 5.56 Å². The van der Waals surface area contributed by atoms with E-state index in [4.69, 9.17) is 4.52 Å². The van der Waals surface area contributed by atoms with Crippen LogP contribution in [-0.4, -0.2) is 19.7 Å². The SMILES string of the molecule is CCn1c(=O)c(C)nc2cc(-c3noc(-c4ccc(F)cc4)n3)ccc21. The Balaban J connectivity index is 1.79. The zero-order valence-corrected chi connectivity index (χ0v) is 14.2. The lowest BCUT2D eigenvalue weighted by atomic mass is 10.1. The largest absolute Gasteiger partial charge is 0.334 e. The third-order valence-corrected chi connectivity index (χ3v) is 4.20. The van der Waals surface area contributed by atoms with Gasteiger partial charge in [0, 0.05) is 17.7 Å². The van der Waals surface area contributed by atoms with Crippen LogP contribution in [0.3, 0.4) is 0 Å². The summed E-state index contributed by atoms with van der Waals surface area (Å²) in [6.07, 6.45) is 0. The van der Waals surface area contributed by atoms with Gasteiger partial charge in [-0.2, -0.15) is 4.98 Å². The van der Waals surface area contributed by atoms with Crippen LogP contribution >= 0.6 is 0 Å². The Bertz CT molecular complexity index is 1160. The van der Waals surface area contributed by atoms with Gasteiger partial charge in [0.1, 0.15) is 11.5 Å². The van der Waals surface area contributed by atoms with Gasteiger partial charge in [0.15, 0.2) is 0 Å². The molecule has 0 aliphatic heterocycles. The number of benzene rings is 2. The van der Waals surface area contributed by atoms with E-state index in [0.717, 1.165) is 11.1 Å². The molecule has 0 unspecified atom stereocenters. The van der Waals surface area contributed by atoms with Crippen molar-refractivity contribution in [2.24, 2.45) is 0 Å². The fourth-order valence-corrected chi connectivity index (χ4v) is 2.88. The van der Waals surface area contributed by atoms with Crippen LogP contribution in [0.1, 0.15) is 12.6 Å². The van der Waals surface area contributed by atoms with E-state index in [0.29, 0.717) is 35.0 Å². The molecular formula is C19H15FN4O2. The van der Waals surface area contributed by atoms with Crippen LogP contribution in [0, 0.1) is 12.7 Å². The fraction of sp³-hybridized carbons (Fsp3) is 0.158. The average molecular weight is 350 g/mol. The molecule has 0 N–H and O–H groups in total. The number of aromatic nitrogens is 4. The number of rotatable bonds is 3. The molecule has 0 spiro atoms. The molecule has 0 bridgehead atoms. The van der Waals surface area contributed by atoms with Crippen LogP contribution in [-0.2, 0) is 6.54 Å². The number of aryl methyl sites for hydroxylation is 2. The van der Waals surface area contributed by atoms with E-state index in [2.05, 4.69) is 15.1 Å². The first-order valence-corrected chi connectivity index (χ1v) is 8.18. The highest BCUT2D eigenvalue weighted by atomic mass is 19.1. The third-order valence-electron chi connectivity index (χ3n) is 4.20. The quantitative estimate of drug-likeness (QED) is 0.565. The standard InChI is InChI=1S/C19H15FN4O2/c1-3-24-16-9-6-13(10-15(16)21-11(2)19(24)25)17-22-18(26-23-17)12-4-7-14(20)8-5-12/h4-10H,3H2,1-2H3. The summed E-state index contributed by atoms with van der Waals surface area (Å²) in [4.78, 5) is 20.9. The Morgan fingerprint density at radius 1 is 1.08 bits per heavy atom. The van der Waals surface area contributed by atoms with Crippen molar-refractivity contribution in [3.63, 3.8) is 0 Å². The molecule has 0 atom stereocenters. The molecule has 4 aromatic rings. The molecule has 0 aliphatic rings. The Morgan fingerprint density at radius 2 is 1.81 bits per heavy atom. The normalized spacial score (nSPS) is 11.2. The number of nitrogens with zero attached hydrogens (tertiary/aromatic N) is 4. The monoisotopic (exact) mass is 350 g/mol. The Kier molecular flexibility index (Phi) is 3.84. The zero-order valence-electron chi connectivity index (χ0n) is 14.2. The number of hydrogen-bond donors (Lipinski definition) is 0. The van der Waals surface area contributed by atoms with Crippen LogP contribution in [0.25, 0.3) is 33.9 Å². The maximum absolute atomic E-state index is 13.0. The number of halogens is 1. The summed E-state index contributed by atoms with van der Waals surface area (Å²) in [6.45, 7) is 4.18. The van der Waals surface area contributed by atoms with Crippen molar-refractivity contribution in [3.05, 3.63) is 64.3 Å². The van der Waals surface area contributed by atoms with E-state index in [1.807, 2.05) is 25.1 Å². The Hall–Kier alpha value is -3.35. The molecular weight excluding hydrogens is 335 g/mol. The molecule has 7 heteroatoms. The first-order valence-electron chi connectivity index (χ1n) is 8.18. The van der Waals surface area contributed by atoms with Gasteiger partial charge in [-0.25, -0.2) is 9.37 Å². The zero-order chi connectivity index (χ0) is 18.3. The molecule has 0 fully saturated rings. The van der Waals surface area contributed by atoms with Crippen LogP contribution in [0.5, 0.6) is 0 Å². The molecule has 4 rings (SSSR count). The molecule has 2 aromatic heterocycles. The summed E-state index contributed by atoms with van der Waals surface area (Å²) < 4.78 is 20.0. The predicted molar refractivity (Wildman–Crippen MR) is 95.1 cm³/mol. The summed E-state index contributed by atoms with van der Waals surface area (Å²) in [6, 6.07) is 11.3. The van der Waals surface area contributed by atoms with E-state index in [9.17, 15) is 9.18 Å². The van der Waals surface area contributed by atoms with Gasteiger partial charge in [-0.1, -0.05) is 5.16 Å².